The molecular weight excluding hydrogens is 288 g/mol. The summed E-state index contributed by atoms with van der Waals surface area (Å²) in [7, 11) is 0. The maximum absolute atomic E-state index is 12.3. The van der Waals surface area contributed by atoms with E-state index in [2.05, 4.69) is 9.59 Å². The second-order valence-corrected chi connectivity index (χ2v) is 5.82. The number of carbonyl (C=O) groups is 1. The highest BCUT2D eigenvalue weighted by molar-refractivity contribution is 7.99. The summed E-state index contributed by atoms with van der Waals surface area (Å²) in [4.78, 5) is 13.3. The van der Waals surface area contributed by atoms with Crippen molar-refractivity contribution in [2.45, 2.75) is 4.90 Å². The minimum Gasteiger partial charge on any atom is -0.289 e. The van der Waals surface area contributed by atoms with Gasteiger partial charge in [0.25, 0.3) is 0 Å². The highest BCUT2D eigenvalue weighted by Gasteiger charge is 2.22. The van der Waals surface area contributed by atoms with Crippen LogP contribution in [0.1, 0.15) is 16.1 Å². The Hall–Kier alpha value is -1.17. The van der Waals surface area contributed by atoms with Gasteiger partial charge >= 0.3 is 0 Å². The molecule has 0 N–H and O–H groups in total. The van der Waals surface area contributed by atoms with E-state index in [-0.39, 0.29) is 5.78 Å². The number of ketones is 1. The zero-order valence-electron chi connectivity index (χ0n) is 9.09. The van der Waals surface area contributed by atoms with Gasteiger partial charge in [0.15, 0.2) is 5.78 Å². The lowest BCUT2D eigenvalue weighted by Gasteiger charge is -2.16. The second-order valence-electron chi connectivity index (χ2n) is 3.76. The Morgan fingerprint density at radius 2 is 2.28 bits per heavy atom. The first-order valence-electron chi connectivity index (χ1n) is 5.19. The van der Waals surface area contributed by atoms with Gasteiger partial charge < -0.3 is 0 Å². The molecule has 0 spiro atoms. The van der Waals surface area contributed by atoms with Gasteiger partial charge in [-0.3, -0.25) is 4.79 Å². The molecule has 0 amide bonds. The van der Waals surface area contributed by atoms with Crippen LogP contribution in [0.15, 0.2) is 34.0 Å². The molecule has 0 unspecified atom stereocenters. The van der Waals surface area contributed by atoms with E-state index in [9.17, 15) is 4.79 Å². The van der Waals surface area contributed by atoms with Crippen LogP contribution in [-0.4, -0.2) is 21.1 Å². The molecule has 1 aliphatic heterocycles. The van der Waals surface area contributed by atoms with Gasteiger partial charge in [-0.2, -0.15) is 0 Å². The summed E-state index contributed by atoms with van der Waals surface area (Å²) in [6.07, 6.45) is 1.79. The molecular formula is C12H7ClN2OS2. The predicted molar refractivity (Wildman–Crippen MR) is 74.4 cm³/mol. The van der Waals surface area contributed by atoms with Crippen molar-refractivity contribution >= 4 is 46.8 Å². The number of rotatable bonds is 1. The smallest absolute Gasteiger partial charge is 0.191 e. The van der Waals surface area contributed by atoms with Crippen LogP contribution in [0.2, 0.25) is 5.02 Å². The quantitative estimate of drug-likeness (QED) is 0.754. The number of carbonyl (C=O) groups excluding carboxylic acids is 1. The van der Waals surface area contributed by atoms with E-state index in [1.807, 2.05) is 11.4 Å². The molecule has 0 saturated carbocycles. The highest BCUT2D eigenvalue weighted by Crippen LogP contribution is 2.34. The molecule has 0 saturated heterocycles. The van der Waals surface area contributed by atoms with Gasteiger partial charge in [-0.15, -0.1) is 16.9 Å². The summed E-state index contributed by atoms with van der Waals surface area (Å²) in [5.41, 5.74) is 2.14. The molecule has 1 aromatic carbocycles. The molecule has 0 fully saturated rings. The zero-order chi connectivity index (χ0) is 12.5. The fourth-order valence-electron chi connectivity index (χ4n) is 1.72. The van der Waals surface area contributed by atoms with E-state index >= 15 is 0 Å². The van der Waals surface area contributed by atoms with Crippen molar-refractivity contribution < 1.29 is 4.79 Å². The molecule has 6 heteroatoms. The van der Waals surface area contributed by atoms with Gasteiger partial charge in [0.1, 0.15) is 0 Å². The van der Waals surface area contributed by atoms with E-state index in [1.54, 1.807) is 30.0 Å². The van der Waals surface area contributed by atoms with Crippen molar-refractivity contribution in [2.24, 2.45) is 0 Å². The molecule has 90 valence electrons. The molecule has 0 bridgehead atoms. The lowest BCUT2D eigenvalue weighted by Crippen LogP contribution is -2.12. The number of fused-ring (bicyclic) bond motifs is 1. The van der Waals surface area contributed by atoms with Gasteiger partial charge in [0.05, 0.1) is 5.69 Å². The minimum atomic E-state index is 0.0271. The maximum atomic E-state index is 12.3. The van der Waals surface area contributed by atoms with Crippen molar-refractivity contribution in [1.29, 1.82) is 0 Å². The van der Waals surface area contributed by atoms with Crippen LogP contribution in [0, 0.1) is 0 Å². The first-order valence-corrected chi connectivity index (χ1v) is 7.39. The van der Waals surface area contributed by atoms with E-state index in [0.717, 1.165) is 16.2 Å². The number of hydrogen-bond acceptors (Lipinski definition) is 5. The lowest BCUT2D eigenvalue weighted by atomic mass is 10.0. The van der Waals surface area contributed by atoms with E-state index in [4.69, 9.17) is 11.6 Å². The van der Waals surface area contributed by atoms with Crippen LogP contribution < -0.4 is 0 Å². The van der Waals surface area contributed by atoms with Crippen molar-refractivity contribution in [1.82, 2.24) is 9.59 Å². The zero-order valence-corrected chi connectivity index (χ0v) is 11.5. The highest BCUT2D eigenvalue weighted by atomic mass is 35.5. The number of halogens is 1. The Labute approximate surface area is 117 Å². The van der Waals surface area contributed by atoms with E-state index in [0.29, 0.717) is 16.3 Å². The first-order chi connectivity index (χ1) is 8.74. The topological polar surface area (TPSA) is 42.9 Å². The third kappa shape index (κ3) is 2.21. The Morgan fingerprint density at radius 1 is 1.39 bits per heavy atom. The van der Waals surface area contributed by atoms with Crippen LogP contribution in [0.3, 0.4) is 0 Å². The van der Waals surface area contributed by atoms with Crippen LogP contribution in [0.4, 0.5) is 0 Å². The Morgan fingerprint density at radius 3 is 3.06 bits per heavy atom. The predicted octanol–water partition coefficient (Wildman–Crippen LogP) is 3.56. The third-order valence-electron chi connectivity index (χ3n) is 2.56. The Bertz CT molecular complexity index is 638. The third-order valence-corrected chi connectivity index (χ3v) is 4.44. The molecule has 3 nitrogen and oxygen atoms in total. The second kappa shape index (κ2) is 4.84. The largest absolute Gasteiger partial charge is 0.289 e. The minimum absolute atomic E-state index is 0.0271. The average Bonchev–Trinajstić information content (AvgIpc) is 2.86. The standard InChI is InChI=1S/C12H7ClN2OS2/c13-8-1-2-11-10(4-8)12(16)7(5-17-11)3-9-6-18-15-14-9/h1-4,6H,5H2. The molecule has 0 radical (unpaired) electrons. The van der Waals surface area contributed by atoms with Crippen molar-refractivity contribution in [3.8, 4) is 0 Å². The fourth-order valence-corrected chi connectivity index (χ4v) is 3.30. The molecule has 2 heterocycles. The first kappa shape index (κ1) is 11.9. The molecule has 18 heavy (non-hydrogen) atoms. The van der Waals surface area contributed by atoms with Crippen LogP contribution in [-0.2, 0) is 0 Å². The van der Waals surface area contributed by atoms with Gasteiger partial charge in [0, 0.05) is 32.2 Å². The van der Waals surface area contributed by atoms with Crippen molar-refractivity contribution in [3.05, 3.63) is 45.4 Å². The van der Waals surface area contributed by atoms with Gasteiger partial charge in [-0.1, -0.05) is 16.1 Å². The number of thioether (sulfide) groups is 1. The number of benzene rings is 1. The Kier molecular flexibility index (Phi) is 3.20. The van der Waals surface area contributed by atoms with Gasteiger partial charge in [0.2, 0.25) is 0 Å². The summed E-state index contributed by atoms with van der Waals surface area (Å²) >= 11 is 8.84. The normalized spacial score (nSPS) is 16.9. The summed E-state index contributed by atoms with van der Waals surface area (Å²) in [6.45, 7) is 0. The van der Waals surface area contributed by atoms with Crippen molar-refractivity contribution in [2.75, 3.05) is 5.75 Å². The molecule has 1 aromatic heterocycles. The number of hydrogen-bond donors (Lipinski definition) is 0. The summed E-state index contributed by atoms with van der Waals surface area (Å²) in [6, 6.07) is 5.42. The summed E-state index contributed by atoms with van der Waals surface area (Å²) in [5, 5.41) is 6.32. The van der Waals surface area contributed by atoms with Crippen LogP contribution in [0.25, 0.3) is 6.08 Å². The molecule has 0 atom stereocenters. The van der Waals surface area contributed by atoms with Gasteiger partial charge in [-0.05, 0) is 35.8 Å². The molecule has 2 aromatic rings. The molecule has 0 aliphatic carbocycles. The molecule has 3 rings (SSSR count). The lowest BCUT2D eigenvalue weighted by molar-refractivity contribution is 0.103. The monoisotopic (exact) mass is 294 g/mol. The average molecular weight is 295 g/mol. The summed E-state index contributed by atoms with van der Waals surface area (Å²) in [5.74, 6) is 0.685. The number of nitrogens with zero attached hydrogens (tertiary/aromatic N) is 2. The van der Waals surface area contributed by atoms with Gasteiger partial charge in [-0.25, -0.2) is 0 Å². The van der Waals surface area contributed by atoms with E-state index in [1.165, 1.54) is 11.5 Å². The number of aromatic nitrogens is 2. The van der Waals surface area contributed by atoms with Crippen LogP contribution in [0.5, 0.6) is 0 Å². The fraction of sp³-hybridized carbons (Fsp3) is 0.0833. The van der Waals surface area contributed by atoms with E-state index < -0.39 is 0 Å². The number of Topliss-reactive ketones (excluding diaryl/α,β-unsaturated/α-hetero) is 1. The Balaban J connectivity index is 2.01. The summed E-state index contributed by atoms with van der Waals surface area (Å²) < 4.78 is 3.78. The van der Waals surface area contributed by atoms with Crippen molar-refractivity contribution in [3.63, 3.8) is 0 Å². The SMILES string of the molecule is O=C1C(=Cc2csnn2)CSc2ccc(Cl)cc21. The maximum Gasteiger partial charge on any atom is 0.191 e. The molecule has 1 aliphatic rings. The van der Waals surface area contributed by atoms with Crippen LogP contribution >= 0.6 is 34.9 Å².